The summed E-state index contributed by atoms with van der Waals surface area (Å²) >= 11 is 0. The third-order valence-electron chi connectivity index (χ3n) is 3.30. The SMILES string of the molecule is CCCCCCCOc1ccc(C(=O)OCC(C)C)cc1N. The first-order chi connectivity index (χ1) is 10.5. The molecule has 2 N–H and O–H groups in total. The summed E-state index contributed by atoms with van der Waals surface area (Å²) in [4.78, 5) is 11.9. The third kappa shape index (κ3) is 6.83. The van der Waals surface area contributed by atoms with Gasteiger partial charge in [-0.15, -0.1) is 0 Å². The Balaban J connectivity index is 2.43. The number of ether oxygens (including phenoxy) is 2. The fourth-order valence-electron chi connectivity index (χ4n) is 2.02. The molecule has 4 heteroatoms. The van der Waals surface area contributed by atoms with Crippen molar-refractivity contribution in [3.05, 3.63) is 23.8 Å². The van der Waals surface area contributed by atoms with Crippen LogP contribution in [0.4, 0.5) is 5.69 Å². The van der Waals surface area contributed by atoms with Crippen molar-refractivity contribution in [1.82, 2.24) is 0 Å². The first-order valence-electron chi connectivity index (χ1n) is 8.24. The topological polar surface area (TPSA) is 61.5 Å². The lowest BCUT2D eigenvalue weighted by Gasteiger charge is -2.11. The van der Waals surface area contributed by atoms with Gasteiger partial charge in [-0.1, -0.05) is 46.5 Å². The van der Waals surface area contributed by atoms with E-state index in [4.69, 9.17) is 15.2 Å². The largest absolute Gasteiger partial charge is 0.491 e. The van der Waals surface area contributed by atoms with Gasteiger partial charge < -0.3 is 15.2 Å². The predicted octanol–water partition coefficient (Wildman–Crippen LogP) is 4.43. The van der Waals surface area contributed by atoms with Crippen LogP contribution in [0.5, 0.6) is 5.75 Å². The van der Waals surface area contributed by atoms with Crippen LogP contribution in [0.2, 0.25) is 0 Å². The highest BCUT2D eigenvalue weighted by atomic mass is 16.5. The number of nitrogen functional groups attached to an aromatic ring is 1. The number of carbonyl (C=O) groups excluding carboxylic acids is 1. The van der Waals surface area contributed by atoms with Crippen LogP contribution in [0.25, 0.3) is 0 Å². The van der Waals surface area contributed by atoms with Crippen LogP contribution < -0.4 is 10.5 Å². The lowest BCUT2D eigenvalue weighted by atomic mass is 10.1. The summed E-state index contributed by atoms with van der Waals surface area (Å²) < 4.78 is 10.9. The number of unbranched alkanes of at least 4 members (excludes halogenated alkanes) is 4. The zero-order valence-electron chi connectivity index (χ0n) is 14.1. The number of benzene rings is 1. The van der Waals surface area contributed by atoms with Crippen LogP contribution in [0.1, 0.15) is 63.2 Å². The van der Waals surface area contributed by atoms with Gasteiger partial charge in [0.1, 0.15) is 5.75 Å². The molecule has 4 nitrogen and oxygen atoms in total. The normalized spacial score (nSPS) is 10.7. The molecular weight excluding hydrogens is 278 g/mol. The minimum absolute atomic E-state index is 0.316. The van der Waals surface area contributed by atoms with Gasteiger partial charge in [0.05, 0.1) is 24.5 Å². The van der Waals surface area contributed by atoms with Crippen LogP contribution >= 0.6 is 0 Å². The molecule has 0 heterocycles. The lowest BCUT2D eigenvalue weighted by Crippen LogP contribution is -2.11. The highest BCUT2D eigenvalue weighted by Gasteiger charge is 2.11. The number of esters is 1. The second kappa shape index (κ2) is 10.1. The van der Waals surface area contributed by atoms with Gasteiger partial charge in [-0.3, -0.25) is 0 Å². The summed E-state index contributed by atoms with van der Waals surface area (Å²) in [6, 6.07) is 5.06. The van der Waals surface area contributed by atoms with Gasteiger partial charge in [0.2, 0.25) is 0 Å². The van der Waals surface area contributed by atoms with Gasteiger partial charge in [0, 0.05) is 0 Å². The minimum atomic E-state index is -0.341. The van der Waals surface area contributed by atoms with E-state index < -0.39 is 0 Å². The summed E-state index contributed by atoms with van der Waals surface area (Å²) in [5, 5.41) is 0. The van der Waals surface area contributed by atoms with Crippen molar-refractivity contribution in [3.63, 3.8) is 0 Å². The molecule has 0 fully saturated rings. The van der Waals surface area contributed by atoms with Crippen molar-refractivity contribution in [2.45, 2.75) is 52.9 Å². The Bertz CT molecular complexity index is 458. The van der Waals surface area contributed by atoms with Gasteiger partial charge in [-0.25, -0.2) is 4.79 Å². The zero-order valence-corrected chi connectivity index (χ0v) is 14.1. The predicted molar refractivity (Wildman–Crippen MR) is 90.2 cm³/mol. The molecule has 0 atom stereocenters. The van der Waals surface area contributed by atoms with Crippen molar-refractivity contribution < 1.29 is 14.3 Å². The third-order valence-corrected chi connectivity index (χ3v) is 3.30. The zero-order chi connectivity index (χ0) is 16.4. The summed E-state index contributed by atoms with van der Waals surface area (Å²) in [7, 11) is 0. The molecule has 0 radical (unpaired) electrons. The summed E-state index contributed by atoms with van der Waals surface area (Å²) in [6.07, 6.45) is 5.96. The van der Waals surface area contributed by atoms with Gasteiger partial charge in [0.15, 0.2) is 0 Å². The molecule has 1 aromatic rings. The minimum Gasteiger partial charge on any atom is -0.491 e. The Hall–Kier alpha value is -1.71. The van der Waals surface area contributed by atoms with Crippen LogP contribution in [0, 0.1) is 5.92 Å². The molecule has 1 rings (SSSR count). The second-order valence-corrected chi connectivity index (χ2v) is 6.01. The average Bonchev–Trinajstić information content (AvgIpc) is 2.49. The Morgan fingerprint density at radius 2 is 1.91 bits per heavy atom. The Kier molecular flexibility index (Phi) is 8.41. The van der Waals surface area contributed by atoms with Crippen molar-refractivity contribution in [1.29, 1.82) is 0 Å². The molecule has 0 spiro atoms. The lowest BCUT2D eigenvalue weighted by molar-refractivity contribution is 0.0459. The van der Waals surface area contributed by atoms with Crippen molar-refractivity contribution in [3.8, 4) is 5.75 Å². The second-order valence-electron chi connectivity index (χ2n) is 6.01. The highest BCUT2D eigenvalue weighted by molar-refractivity contribution is 5.91. The molecule has 124 valence electrons. The van der Waals surface area contributed by atoms with E-state index in [0.29, 0.717) is 36.1 Å². The molecule has 0 aliphatic heterocycles. The van der Waals surface area contributed by atoms with E-state index in [1.54, 1.807) is 18.2 Å². The van der Waals surface area contributed by atoms with Gasteiger partial charge in [-0.05, 0) is 30.5 Å². The maximum atomic E-state index is 11.9. The molecule has 0 saturated carbocycles. The fraction of sp³-hybridized carbons (Fsp3) is 0.611. The van der Waals surface area contributed by atoms with E-state index in [1.165, 1.54) is 25.7 Å². The summed E-state index contributed by atoms with van der Waals surface area (Å²) in [5.41, 5.74) is 6.89. The molecular formula is C18H29NO3. The molecule has 0 unspecified atom stereocenters. The van der Waals surface area contributed by atoms with Crippen LogP contribution in [0.3, 0.4) is 0 Å². The standard InChI is InChI=1S/C18H29NO3/c1-4-5-6-7-8-11-21-17-10-9-15(12-16(17)19)18(20)22-13-14(2)3/h9-10,12,14H,4-8,11,13,19H2,1-3H3. The number of rotatable bonds is 10. The van der Waals surface area contributed by atoms with Crippen molar-refractivity contribution in [2.75, 3.05) is 18.9 Å². The molecule has 0 aliphatic rings. The quantitative estimate of drug-likeness (QED) is 0.394. The van der Waals surface area contributed by atoms with E-state index in [9.17, 15) is 4.79 Å². The van der Waals surface area contributed by atoms with E-state index >= 15 is 0 Å². The maximum Gasteiger partial charge on any atom is 0.338 e. The number of anilines is 1. The smallest absolute Gasteiger partial charge is 0.338 e. The molecule has 0 aliphatic carbocycles. The first-order valence-corrected chi connectivity index (χ1v) is 8.24. The van der Waals surface area contributed by atoms with Crippen LogP contribution in [-0.4, -0.2) is 19.2 Å². The Morgan fingerprint density at radius 1 is 1.18 bits per heavy atom. The van der Waals surface area contributed by atoms with Gasteiger partial charge >= 0.3 is 5.97 Å². The Labute approximate surface area is 134 Å². The molecule has 0 amide bonds. The number of nitrogens with two attached hydrogens (primary N) is 1. The molecule has 1 aromatic carbocycles. The van der Waals surface area contributed by atoms with Crippen LogP contribution in [-0.2, 0) is 4.74 Å². The number of hydrogen-bond donors (Lipinski definition) is 1. The van der Waals surface area contributed by atoms with E-state index in [2.05, 4.69) is 6.92 Å². The van der Waals surface area contributed by atoms with E-state index in [0.717, 1.165) is 6.42 Å². The summed E-state index contributed by atoms with van der Waals surface area (Å²) in [5.74, 6) is 0.610. The number of carbonyl (C=O) groups is 1. The molecule has 0 saturated heterocycles. The Morgan fingerprint density at radius 3 is 2.55 bits per heavy atom. The van der Waals surface area contributed by atoms with Crippen LogP contribution in [0.15, 0.2) is 18.2 Å². The van der Waals surface area contributed by atoms with Crippen molar-refractivity contribution >= 4 is 11.7 Å². The van der Waals surface area contributed by atoms with E-state index in [-0.39, 0.29) is 5.97 Å². The molecule has 22 heavy (non-hydrogen) atoms. The number of hydrogen-bond acceptors (Lipinski definition) is 4. The molecule has 0 aromatic heterocycles. The summed E-state index contributed by atoms with van der Waals surface area (Å²) in [6.45, 7) is 7.27. The molecule has 0 bridgehead atoms. The van der Waals surface area contributed by atoms with E-state index in [1.807, 2.05) is 13.8 Å². The first kappa shape index (κ1) is 18.3. The fourth-order valence-corrected chi connectivity index (χ4v) is 2.02. The van der Waals surface area contributed by atoms with Gasteiger partial charge in [0.25, 0.3) is 0 Å². The van der Waals surface area contributed by atoms with Gasteiger partial charge in [-0.2, -0.15) is 0 Å². The highest BCUT2D eigenvalue weighted by Crippen LogP contribution is 2.23. The average molecular weight is 307 g/mol. The maximum absolute atomic E-state index is 11.9. The monoisotopic (exact) mass is 307 g/mol. The van der Waals surface area contributed by atoms with Crippen molar-refractivity contribution in [2.24, 2.45) is 5.92 Å².